The summed E-state index contributed by atoms with van der Waals surface area (Å²) in [6.45, 7) is 9.38. The van der Waals surface area contributed by atoms with E-state index in [0.717, 1.165) is 31.6 Å². The molecule has 1 aliphatic heterocycles. The molecule has 0 bridgehead atoms. The Morgan fingerprint density at radius 2 is 2.36 bits per heavy atom. The summed E-state index contributed by atoms with van der Waals surface area (Å²) in [5, 5.41) is 3.45. The lowest BCUT2D eigenvalue weighted by Gasteiger charge is -2.30. The second kappa shape index (κ2) is 7.13. The first-order valence-corrected chi connectivity index (χ1v) is 8.06. The van der Waals surface area contributed by atoms with Gasteiger partial charge in [-0.2, -0.15) is 0 Å². The molecule has 124 valence electrons. The smallest absolute Gasteiger partial charge is 0.410 e. The molecule has 6 nitrogen and oxygen atoms in total. The van der Waals surface area contributed by atoms with E-state index in [4.69, 9.17) is 4.74 Å². The minimum atomic E-state index is -0.437. The molecule has 0 spiro atoms. The first kappa shape index (κ1) is 16.8. The Morgan fingerprint density at radius 3 is 3.00 bits per heavy atom. The van der Waals surface area contributed by atoms with Crippen molar-refractivity contribution in [3.63, 3.8) is 0 Å². The maximum Gasteiger partial charge on any atom is 0.410 e. The molecule has 1 amide bonds. The number of ether oxygens (including phenoxy) is 1. The number of nitrogens with zero attached hydrogens (tertiary/aromatic N) is 2. The molecular weight excluding hydrogens is 280 g/mol. The van der Waals surface area contributed by atoms with Gasteiger partial charge in [-0.15, -0.1) is 0 Å². The Kier molecular flexibility index (Phi) is 5.45. The first-order chi connectivity index (χ1) is 10.3. The standard InChI is InChI=1S/C16H28N4O2/c1-12(19-11-14-17-7-8-18-14)10-13-6-5-9-20(13)15(21)22-16(2,3)4/h7-8,12-13,19H,5-6,9-11H2,1-4H3,(H,17,18). The molecular formula is C16H28N4O2. The Morgan fingerprint density at radius 1 is 1.59 bits per heavy atom. The zero-order chi connectivity index (χ0) is 16.2. The summed E-state index contributed by atoms with van der Waals surface area (Å²) in [6, 6.07) is 0.576. The van der Waals surface area contributed by atoms with Crippen molar-refractivity contribution in [1.82, 2.24) is 20.2 Å². The number of hydrogen-bond donors (Lipinski definition) is 2. The van der Waals surface area contributed by atoms with E-state index in [9.17, 15) is 4.79 Å². The third-order valence-corrected chi connectivity index (χ3v) is 3.80. The first-order valence-electron chi connectivity index (χ1n) is 8.06. The van der Waals surface area contributed by atoms with Gasteiger partial charge in [-0.05, 0) is 47.0 Å². The fourth-order valence-corrected chi connectivity index (χ4v) is 2.80. The van der Waals surface area contributed by atoms with Gasteiger partial charge in [-0.1, -0.05) is 0 Å². The molecule has 2 atom stereocenters. The van der Waals surface area contributed by atoms with Crippen molar-refractivity contribution in [2.24, 2.45) is 0 Å². The minimum Gasteiger partial charge on any atom is -0.444 e. The van der Waals surface area contributed by atoms with Gasteiger partial charge in [0.05, 0.1) is 6.54 Å². The fraction of sp³-hybridized carbons (Fsp3) is 0.750. The number of amides is 1. The van der Waals surface area contributed by atoms with E-state index in [-0.39, 0.29) is 12.1 Å². The van der Waals surface area contributed by atoms with Crippen LogP contribution in [-0.4, -0.2) is 45.2 Å². The van der Waals surface area contributed by atoms with Gasteiger partial charge in [-0.3, -0.25) is 0 Å². The van der Waals surface area contributed by atoms with Crippen LogP contribution in [0.5, 0.6) is 0 Å². The Hall–Kier alpha value is -1.56. The number of nitrogens with one attached hydrogen (secondary N) is 2. The number of H-pyrrole nitrogens is 1. The summed E-state index contributed by atoms with van der Waals surface area (Å²) >= 11 is 0. The van der Waals surface area contributed by atoms with Crippen molar-refractivity contribution >= 4 is 6.09 Å². The van der Waals surface area contributed by atoms with E-state index >= 15 is 0 Å². The summed E-state index contributed by atoms with van der Waals surface area (Å²) in [5.41, 5.74) is -0.437. The highest BCUT2D eigenvalue weighted by molar-refractivity contribution is 5.68. The predicted molar refractivity (Wildman–Crippen MR) is 85.5 cm³/mol. The van der Waals surface area contributed by atoms with Crippen LogP contribution in [0.25, 0.3) is 0 Å². The Labute approximate surface area is 132 Å². The van der Waals surface area contributed by atoms with E-state index in [1.807, 2.05) is 31.9 Å². The maximum absolute atomic E-state index is 12.3. The number of hydrogen-bond acceptors (Lipinski definition) is 4. The van der Waals surface area contributed by atoms with Crippen LogP contribution in [0.15, 0.2) is 12.4 Å². The number of likely N-dealkylation sites (tertiary alicyclic amines) is 1. The zero-order valence-corrected chi connectivity index (χ0v) is 14.1. The maximum atomic E-state index is 12.3. The van der Waals surface area contributed by atoms with Crippen LogP contribution in [0, 0.1) is 0 Å². The van der Waals surface area contributed by atoms with E-state index < -0.39 is 5.60 Å². The van der Waals surface area contributed by atoms with E-state index in [1.54, 1.807) is 6.20 Å². The Bertz CT molecular complexity index is 467. The number of imidazole rings is 1. The molecule has 22 heavy (non-hydrogen) atoms. The van der Waals surface area contributed by atoms with Gasteiger partial charge in [-0.25, -0.2) is 9.78 Å². The van der Waals surface area contributed by atoms with E-state index in [1.165, 1.54) is 0 Å². The van der Waals surface area contributed by atoms with Crippen LogP contribution in [0.2, 0.25) is 0 Å². The number of aromatic amines is 1. The molecule has 0 saturated carbocycles. The van der Waals surface area contributed by atoms with Gasteiger partial charge in [0.2, 0.25) is 0 Å². The SMILES string of the molecule is CC(CC1CCCN1C(=O)OC(C)(C)C)NCc1ncc[nH]1. The number of carbonyl (C=O) groups is 1. The summed E-state index contributed by atoms with van der Waals surface area (Å²) in [7, 11) is 0. The average Bonchev–Trinajstić information content (AvgIpc) is 3.05. The summed E-state index contributed by atoms with van der Waals surface area (Å²) in [5.74, 6) is 0.933. The fourth-order valence-electron chi connectivity index (χ4n) is 2.80. The summed E-state index contributed by atoms with van der Waals surface area (Å²) in [6.07, 6.45) is 6.42. The number of carbonyl (C=O) groups excluding carboxylic acids is 1. The largest absolute Gasteiger partial charge is 0.444 e. The highest BCUT2D eigenvalue weighted by atomic mass is 16.6. The van der Waals surface area contributed by atoms with Crippen molar-refractivity contribution in [2.75, 3.05) is 6.54 Å². The lowest BCUT2D eigenvalue weighted by atomic mass is 10.1. The van der Waals surface area contributed by atoms with Crippen LogP contribution >= 0.6 is 0 Å². The normalized spacial score (nSPS) is 20.2. The molecule has 0 radical (unpaired) electrons. The molecule has 2 unspecified atom stereocenters. The Balaban J connectivity index is 1.81. The second-order valence-electron chi connectivity index (χ2n) is 7.02. The van der Waals surface area contributed by atoms with Gasteiger partial charge in [0.15, 0.2) is 0 Å². The third-order valence-electron chi connectivity index (χ3n) is 3.80. The van der Waals surface area contributed by atoms with Gasteiger partial charge in [0, 0.05) is 31.0 Å². The molecule has 1 aliphatic rings. The lowest BCUT2D eigenvalue weighted by molar-refractivity contribution is 0.0214. The highest BCUT2D eigenvalue weighted by Gasteiger charge is 2.32. The summed E-state index contributed by atoms with van der Waals surface area (Å²) < 4.78 is 5.50. The molecule has 0 aliphatic carbocycles. The number of rotatable bonds is 5. The monoisotopic (exact) mass is 308 g/mol. The summed E-state index contributed by atoms with van der Waals surface area (Å²) in [4.78, 5) is 21.4. The molecule has 1 fully saturated rings. The molecule has 2 heterocycles. The van der Waals surface area contributed by atoms with Crippen LogP contribution < -0.4 is 5.32 Å². The molecule has 1 aromatic heterocycles. The third kappa shape index (κ3) is 5.02. The molecule has 2 N–H and O–H groups in total. The lowest BCUT2D eigenvalue weighted by Crippen LogP contribution is -2.42. The van der Waals surface area contributed by atoms with Crippen LogP contribution in [0.3, 0.4) is 0 Å². The molecule has 2 rings (SSSR count). The van der Waals surface area contributed by atoms with E-state index in [2.05, 4.69) is 22.2 Å². The highest BCUT2D eigenvalue weighted by Crippen LogP contribution is 2.24. The minimum absolute atomic E-state index is 0.187. The van der Waals surface area contributed by atoms with Crippen LogP contribution in [-0.2, 0) is 11.3 Å². The van der Waals surface area contributed by atoms with Crippen molar-refractivity contribution in [3.05, 3.63) is 18.2 Å². The predicted octanol–water partition coefficient (Wildman–Crippen LogP) is 2.68. The zero-order valence-electron chi connectivity index (χ0n) is 14.1. The van der Waals surface area contributed by atoms with Crippen LogP contribution in [0.1, 0.15) is 52.8 Å². The van der Waals surface area contributed by atoms with Gasteiger partial charge < -0.3 is 19.9 Å². The van der Waals surface area contributed by atoms with E-state index in [0.29, 0.717) is 12.6 Å². The van der Waals surface area contributed by atoms with Crippen molar-refractivity contribution < 1.29 is 9.53 Å². The molecule has 0 aromatic carbocycles. The van der Waals surface area contributed by atoms with Crippen molar-refractivity contribution in [2.45, 2.75) is 71.2 Å². The van der Waals surface area contributed by atoms with Gasteiger partial charge in [0.25, 0.3) is 0 Å². The quantitative estimate of drug-likeness (QED) is 0.877. The van der Waals surface area contributed by atoms with Crippen molar-refractivity contribution in [1.29, 1.82) is 0 Å². The molecule has 6 heteroatoms. The topological polar surface area (TPSA) is 70.2 Å². The second-order valence-corrected chi connectivity index (χ2v) is 7.02. The molecule has 1 aromatic rings. The van der Waals surface area contributed by atoms with Gasteiger partial charge in [0.1, 0.15) is 11.4 Å². The van der Waals surface area contributed by atoms with Gasteiger partial charge >= 0.3 is 6.09 Å². The average molecular weight is 308 g/mol. The number of aromatic nitrogens is 2. The van der Waals surface area contributed by atoms with Crippen LogP contribution in [0.4, 0.5) is 4.79 Å². The van der Waals surface area contributed by atoms with Crippen molar-refractivity contribution in [3.8, 4) is 0 Å². The molecule has 1 saturated heterocycles.